The zero-order chi connectivity index (χ0) is 14.7. The van der Waals surface area contributed by atoms with Gasteiger partial charge in [0.05, 0.1) is 18.4 Å². The predicted octanol–water partition coefficient (Wildman–Crippen LogP) is 2.37. The summed E-state index contributed by atoms with van der Waals surface area (Å²) in [5.74, 6) is -1.23. The first-order valence-corrected chi connectivity index (χ1v) is 5.74. The third kappa shape index (κ3) is 2.80. The Morgan fingerprint density at radius 1 is 1.30 bits per heavy atom. The molecule has 0 bridgehead atoms. The molecule has 20 heavy (non-hydrogen) atoms. The fraction of sp³-hybridized carbons (Fsp3) is 0.0714. The van der Waals surface area contributed by atoms with E-state index in [-0.39, 0.29) is 5.56 Å². The van der Waals surface area contributed by atoms with E-state index in [1.165, 1.54) is 19.2 Å². The smallest absolute Gasteiger partial charge is 0.259 e. The first-order valence-electron chi connectivity index (χ1n) is 5.74. The standard InChI is InChI=1S/C14H13FN2O3/c1-20-13-5-3-9(16)7-11(13)17-14(19)10-4-2-8(15)6-12(10)18/h2-7,18H,16H2,1H3,(H,17,19). The number of halogens is 1. The number of carbonyl (C=O) groups excluding carboxylic acids is 1. The van der Waals surface area contributed by atoms with Gasteiger partial charge in [-0.1, -0.05) is 0 Å². The van der Waals surface area contributed by atoms with Gasteiger partial charge < -0.3 is 20.9 Å². The first kappa shape index (κ1) is 13.7. The van der Waals surface area contributed by atoms with Crippen LogP contribution in [0.3, 0.4) is 0 Å². The summed E-state index contributed by atoms with van der Waals surface area (Å²) in [6.07, 6.45) is 0. The molecule has 0 spiro atoms. The molecule has 0 saturated carbocycles. The first-order chi connectivity index (χ1) is 9.51. The number of nitrogens with one attached hydrogen (secondary N) is 1. The number of phenols is 1. The van der Waals surface area contributed by atoms with E-state index in [0.29, 0.717) is 17.1 Å². The number of rotatable bonds is 3. The average molecular weight is 276 g/mol. The van der Waals surface area contributed by atoms with Crippen molar-refractivity contribution in [2.45, 2.75) is 0 Å². The monoisotopic (exact) mass is 276 g/mol. The van der Waals surface area contributed by atoms with Gasteiger partial charge in [0.25, 0.3) is 5.91 Å². The highest BCUT2D eigenvalue weighted by Gasteiger charge is 2.14. The van der Waals surface area contributed by atoms with Crippen LogP contribution in [0.2, 0.25) is 0 Å². The van der Waals surface area contributed by atoms with Crippen molar-refractivity contribution in [3.05, 3.63) is 47.8 Å². The van der Waals surface area contributed by atoms with Crippen molar-refractivity contribution in [2.24, 2.45) is 0 Å². The van der Waals surface area contributed by atoms with E-state index < -0.39 is 17.5 Å². The molecule has 0 aliphatic heterocycles. The Morgan fingerprint density at radius 3 is 2.70 bits per heavy atom. The van der Waals surface area contributed by atoms with Gasteiger partial charge in [0.1, 0.15) is 17.3 Å². The van der Waals surface area contributed by atoms with E-state index in [0.717, 1.165) is 12.1 Å². The molecule has 2 aromatic rings. The van der Waals surface area contributed by atoms with Crippen molar-refractivity contribution in [3.63, 3.8) is 0 Å². The van der Waals surface area contributed by atoms with Crippen LogP contribution in [-0.2, 0) is 0 Å². The van der Waals surface area contributed by atoms with E-state index in [1.54, 1.807) is 12.1 Å². The second kappa shape index (κ2) is 5.48. The molecule has 0 heterocycles. The maximum Gasteiger partial charge on any atom is 0.259 e. The molecular weight excluding hydrogens is 263 g/mol. The second-order valence-electron chi connectivity index (χ2n) is 4.08. The molecule has 2 aromatic carbocycles. The summed E-state index contributed by atoms with van der Waals surface area (Å²) in [4.78, 5) is 12.0. The number of methoxy groups -OCH3 is 1. The predicted molar refractivity (Wildman–Crippen MR) is 73.4 cm³/mol. The number of hydrogen-bond donors (Lipinski definition) is 3. The summed E-state index contributed by atoms with van der Waals surface area (Å²) < 4.78 is 18.0. The van der Waals surface area contributed by atoms with Crippen molar-refractivity contribution in [3.8, 4) is 11.5 Å². The van der Waals surface area contributed by atoms with Gasteiger partial charge in [0.2, 0.25) is 0 Å². The van der Waals surface area contributed by atoms with Gasteiger partial charge in [-0.2, -0.15) is 0 Å². The van der Waals surface area contributed by atoms with Crippen LogP contribution >= 0.6 is 0 Å². The summed E-state index contributed by atoms with van der Waals surface area (Å²) in [7, 11) is 1.45. The highest BCUT2D eigenvalue weighted by atomic mass is 19.1. The molecule has 1 amide bonds. The maximum atomic E-state index is 12.9. The summed E-state index contributed by atoms with van der Waals surface area (Å²) >= 11 is 0. The minimum Gasteiger partial charge on any atom is -0.507 e. The Balaban J connectivity index is 2.30. The van der Waals surface area contributed by atoms with Gasteiger partial charge in [-0.15, -0.1) is 0 Å². The second-order valence-corrected chi connectivity index (χ2v) is 4.08. The third-order valence-electron chi connectivity index (χ3n) is 2.68. The Kier molecular flexibility index (Phi) is 3.74. The zero-order valence-corrected chi connectivity index (χ0v) is 10.7. The largest absolute Gasteiger partial charge is 0.507 e. The van der Waals surface area contributed by atoms with Crippen LogP contribution in [-0.4, -0.2) is 18.1 Å². The van der Waals surface area contributed by atoms with Crippen molar-refractivity contribution in [2.75, 3.05) is 18.2 Å². The Bertz CT molecular complexity index is 659. The maximum absolute atomic E-state index is 12.9. The number of carbonyl (C=O) groups is 1. The number of aromatic hydroxyl groups is 1. The van der Waals surface area contributed by atoms with Gasteiger partial charge in [-0.25, -0.2) is 4.39 Å². The molecule has 0 fully saturated rings. The van der Waals surface area contributed by atoms with Crippen LogP contribution in [0.1, 0.15) is 10.4 Å². The summed E-state index contributed by atoms with van der Waals surface area (Å²) in [5.41, 5.74) is 6.41. The number of ether oxygens (including phenoxy) is 1. The highest BCUT2D eigenvalue weighted by Crippen LogP contribution is 2.28. The van der Waals surface area contributed by atoms with E-state index in [4.69, 9.17) is 10.5 Å². The lowest BCUT2D eigenvalue weighted by Crippen LogP contribution is -2.13. The molecular formula is C14H13FN2O3. The number of nitrogen functional groups attached to an aromatic ring is 1. The van der Waals surface area contributed by atoms with Crippen molar-refractivity contribution in [1.29, 1.82) is 0 Å². The molecule has 5 nitrogen and oxygen atoms in total. The molecule has 0 saturated heterocycles. The van der Waals surface area contributed by atoms with Crippen LogP contribution in [0.5, 0.6) is 11.5 Å². The number of nitrogens with two attached hydrogens (primary N) is 1. The molecule has 0 aromatic heterocycles. The minimum atomic E-state index is -0.624. The van der Waals surface area contributed by atoms with Crippen molar-refractivity contribution < 1.29 is 19.0 Å². The number of amides is 1. The van der Waals surface area contributed by atoms with Gasteiger partial charge in [0.15, 0.2) is 0 Å². The minimum absolute atomic E-state index is 0.0455. The number of phenolic OH excluding ortho intramolecular Hbond substituents is 1. The molecule has 6 heteroatoms. The van der Waals surface area contributed by atoms with Crippen LogP contribution in [0, 0.1) is 5.82 Å². The fourth-order valence-corrected chi connectivity index (χ4v) is 1.71. The lowest BCUT2D eigenvalue weighted by atomic mass is 10.1. The molecule has 0 radical (unpaired) electrons. The van der Waals surface area contributed by atoms with Gasteiger partial charge in [-0.3, -0.25) is 4.79 Å². The number of hydrogen-bond acceptors (Lipinski definition) is 4. The Labute approximate surface area is 114 Å². The molecule has 104 valence electrons. The van der Waals surface area contributed by atoms with E-state index in [9.17, 15) is 14.3 Å². The number of benzene rings is 2. The Morgan fingerprint density at radius 2 is 2.05 bits per heavy atom. The van der Waals surface area contributed by atoms with Crippen molar-refractivity contribution >= 4 is 17.3 Å². The molecule has 0 aliphatic carbocycles. The Hall–Kier alpha value is -2.76. The lowest BCUT2D eigenvalue weighted by Gasteiger charge is -2.11. The molecule has 2 rings (SSSR count). The quantitative estimate of drug-likeness (QED) is 0.751. The molecule has 0 aliphatic rings. The fourth-order valence-electron chi connectivity index (χ4n) is 1.71. The van der Waals surface area contributed by atoms with Gasteiger partial charge >= 0.3 is 0 Å². The normalized spacial score (nSPS) is 10.1. The van der Waals surface area contributed by atoms with Gasteiger partial charge in [-0.05, 0) is 30.3 Å². The van der Waals surface area contributed by atoms with E-state index in [2.05, 4.69) is 5.32 Å². The number of anilines is 2. The van der Waals surface area contributed by atoms with Crippen LogP contribution < -0.4 is 15.8 Å². The topological polar surface area (TPSA) is 84.6 Å². The highest BCUT2D eigenvalue weighted by molar-refractivity contribution is 6.07. The van der Waals surface area contributed by atoms with E-state index in [1.807, 2.05) is 0 Å². The van der Waals surface area contributed by atoms with Crippen LogP contribution in [0.25, 0.3) is 0 Å². The zero-order valence-electron chi connectivity index (χ0n) is 10.7. The molecule has 4 N–H and O–H groups in total. The van der Waals surface area contributed by atoms with Crippen molar-refractivity contribution in [1.82, 2.24) is 0 Å². The van der Waals surface area contributed by atoms with Gasteiger partial charge in [0, 0.05) is 11.8 Å². The SMILES string of the molecule is COc1ccc(N)cc1NC(=O)c1ccc(F)cc1O. The van der Waals surface area contributed by atoms with E-state index >= 15 is 0 Å². The molecule has 0 unspecified atom stereocenters. The summed E-state index contributed by atoms with van der Waals surface area (Å²) in [6.45, 7) is 0. The van der Waals surface area contributed by atoms with Crippen LogP contribution in [0.15, 0.2) is 36.4 Å². The summed E-state index contributed by atoms with van der Waals surface area (Å²) in [5, 5.41) is 12.1. The summed E-state index contributed by atoms with van der Waals surface area (Å²) in [6, 6.07) is 7.91. The third-order valence-corrected chi connectivity index (χ3v) is 2.68. The molecule has 0 atom stereocenters. The average Bonchev–Trinajstić information content (AvgIpc) is 2.38. The van der Waals surface area contributed by atoms with Crippen LogP contribution in [0.4, 0.5) is 15.8 Å². The lowest BCUT2D eigenvalue weighted by molar-refractivity contribution is 0.102.